The molecule has 1 rings (SSSR count). The second kappa shape index (κ2) is 3.01. The van der Waals surface area contributed by atoms with Crippen LogP contribution < -0.4 is 5.32 Å². The Morgan fingerprint density at radius 3 is 2.70 bits per heavy atom. The van der Waals surface area contributed by atoms with Gasteiger partial charge in [0.15, 0.2) is 0 Å². The molecule has 0 heterocycles. The van der Waals surface area contributed by atoms with Crippen LogP contribution in [0.1, 0.15) is 19.3 Å². The van der Waals surface area contributed by atoms with Gasteiger partial charge in [0.1, 0.15) is 0 Å². The van der Waals surface area contributed by atoms with Crippen molar-refractivity contribution in [1.29, 1.82) is 0 Å². The highest BCUT2D eigenvalue weighted by atomic mass is 16.4. The minimum absolute atomic E-state index is 0.148. The van der Waals surface area contributed by atoms with Crippen molar-refractivity contribution in [3.63, 3.8) is 0 Å². The molecule has 0 unspecified atom stereocenters. The number of aliphatic carboxylic acids is 1. The monoisotopic (exact) mass is 143 g/mol. The third-order valence-corrected chi connectivity index (χ3v) is 2.20. The molecule has 2 N–H and O–H groups in total. The minimum atomic E-state index is -0.656. The number of nitrogens with one attached hydrogen (secondary N) is 1. The Balaban J connectivity index is 2.50. The van der Waals surface area contributed by atoms with Crippen LogP contribution in [0.25, 0.3) is 0 Å². The van der Waals surface area contributed by atoms with Gasteiger partial charge in [-0.05, 0) is 19.9 Å². The van der Waals surface area contributed by atoms with Gasteiger partial charge < -0.3 is 10.4 Å². The summed E-state index contributed by atoms with van der Waals surface area (Å²) in [6.07, 6.45) is 2.89. The third kappa shape index (κ3) is 1.29. The van der Waals surface area contributed by atoms with Gasteiger partial charge >= 0.3 is 5.97 Å². The Labute approximate surface area is 60.4 Å². The number of hydrogen-bond donors (Lipinski definition) is 2. The van der Waals surface area contributed by atoms with E-state index in [1.54, 1.807) is 0 Å². The molecule has 1 saturated carbocycles. The fraction of sp³-hybridized carbons (Fsp3) is 0.857. The van der Waals surface area contributed by atoms with Crippen molar-refractivity contribution < 1.29 is 9.90 Å². The lowest BCUT2D eigenvalue weighted by Crippen LogP contribution is -2.33. The molecule has 0 aromatic heterocycles. The molecule has 3 nitrogen and oxygen atoms in total. The normalized spacial score (nSPS) is 32.5. The van der Waals surface area contributed by atoms with Gasteiger partial charge in [-0.15, -0.1) is 0 Å². The molecule has 0 bridgehead atoms. The van der Waals surface area contributed by atoms with Gasteiger partial charge in [0.25, 0.3) is 0 Å². The first-order valence-electron chi connectivity index (χ1n) is 3.65. The maximum Gasteiger partial charge on any atom is 0.308 e. The molecule has 1 aliphatic carbocycles. The Morgan fingerprint density at radius 2 is 2.30 bits per heavy atom. The molecule has 0 radical (unpaired) electrons. The van der Waals surface area contributed by atoms with Crippen LogP contribution in [0.2, 0.25) is 0 Å². The average molecular weight is 143 g/mol. The molecule has 1 aliphatic rings. The fourth-order valence-corrected chi connectivity index (χ4v) is 1.60. The van der Waals surface area contributed by atoms with Gasteiger partial charge in [-0.3, -0.25) is 4.79 Å². The van der Waals surface area contributed by atoms with Crippen LogP contribution in [0.15, 0.2) is 0 Å². The molecule has 58 valence electrons. The molecule has 0 aromatic rings. The summed E-state index contributed by atoms with van der Waals surface area (Å²) >= 11 is 0. The van der Waals surface area contributed by atoms with Gasteiger partial charge in [-0.1, -0.05) is 6.42 Å². The Bertz CT molecular complexity index is 136. The molecule has 0 aliphatic heterocycles. The summed E-state index contributed by atoms with van der Waals surface area (Å²) < 4.78 is 0. The van der Waals surface area contributed by atoms with Crippen molar-refractivity contribution in [3.05, 3.63) is 0 Å². The third-order valence-electron chi connectivity index (χ3n) is 2.20. The lowest BCUT2D eigenvalue weighted by molar-refractivity contribution is -0.142. The zero-order chi connectivity index (χ0) is 7.56. The number of hydrogen-bond acceptors (Lipinski definition) is 2. The van der Waals surface area contributed by atoms with E-state index in [0.29, 0.717) is 0 Å². The van der Waals surface area contributed by atoms with Crippen molar-refractivity contribution in [2.45, 2.75) is 25.3 Å². The second-order valence-corrected chi connectivity index (χ2v) is 2.77. The van der Waals surface area contributed by atoms with Crippen LogP contribution >= 0.6 is 0 Å². The second-order valence-electron chi connectivity index (χ2n) is 2.77. The molecule has 0 amide bonds. The van der Waals surface area contributed by atoms with E-state index in [-0.39, 0.29) is 12.0 Å². The number of carboxylic acids is 1. The van der Waals surface area contributed by atoms with Crippen molar-refractivity contribution in [2.24, 2.45) is 5.92 Å². The number of rotatable bonds is 2. The lowest BCUT2D eigenvalue weighted by Gasteiger charge is -2.13. The van der Waals surface area contributed by atoms with E-state index in [1.165, 1.54) is 0 Å². The van der Waals surface area contributed by atoms with Crippen LogP contribution in [-0.2, 0) is 4.79 Å². The molecule has 1 fully saturated rings. The van der Waals surface area contributed by atoms with Crippen molar-refractivity contribution in [1.82, 2.24) is 5.32 Å². The largest absolute Gasteiger partial charge is 0.481 e. The van der Waals surface area contributed by atoms with Crippen LogP contribution in [0.3, 0.4) is 0 Å². The molecular formula is C7H13NO2. The highest BCUT2D eigenvalue weighted by Gasteiger charge is 2.31. The summed E-state index contributed by atoms with van der Waals surface area (Å²) in [6, 6.07) is 0.206. The lowest BCUT2D eigenvalue weighted by atomic mass is 10.1. The van der Waals surface area contributed by atoms with E-state index in [0.717, 1.165) is 19.3 Å². The Hall–Kier alpha value is -0.570. The summed E-state index contributed by atoms with van der Waals surface area (Å²) in [6.45, 7) is 0. The summed E-state index contributed by atoms with van der Waals surface area (Å²) in [5, 5.41) is 11.7. The summed E-state index contributed by atoms with van der Waals surface area (Å²) in [5.41, 5.74) is 0. The van der Waals surface area contributed by atoms with E-state index >= 15 is 0 Å². The van der Waals surface area contributed by atoms with Gasteiger partial charge in [0.2, 0.25) is 0 Å². The maximum absolute atomic E-state index is 10.5. The van der Waals surface area contributed by atoms with E-state index < -0.39 is 5.97 Å². The summed E-state index contributed by atoms with van der Waals surface area (Å²) in [5.74, 6) is -0.804. The maximum atomic E-state index is 10.5. The van der Waals surface area contributed by atoms with Crippen molar-refractivity contribution in [2.75, 3.05) is 7.05 Å². The standard InChI is InChI=1S/C7H13NO2/c1-8-6-4-2-3-5(6)7(9)10/h5-6,8H,2-4H2,1H3,(H,9,10)/t5-,6+/m0/s1. The SMILES string of the molecule is CN[C@@H]1CCC[C@@H]1C(=O)O. The van der Waals surface area contributed by atoms with E-state index in [1.807, 2.05) is 7.05 Å². The Morgan fingerprint density at radius 1 is 1.60 bits per heavy atom. The Kier molecular flexibility index (Phi) is 2.27. The fourth-order valence-electron chi connectivity index (χ4n) is 1.60. The molecule has 0 saturated heterocycles. The highest BCUT2D eigenvalue weighted by molar-refractivity contribution is 5.71. The molecule has 0 aromatic carbocycles. The topological polar surface area (TPSA) is 49.3 Å². The van der Waals surface area contributed by atoms with Crippen LogP contribution in [0.5, 0.6) is 0 Å². The van der Waals surface area contributed by atoms with Crippen molar-refractivity contribution >= 4 is 5.97 Å². The first-order valence-corrected chi connectivity index (χ1v) is 3.65. The van der Waals surface area contributed by atoms with Crippen molar-refractivity contribution in [3.8, 4) is 0 Å². The van der Waals surface area contributed by atoms with Gasteiger partial charge in [-0.2, -0.15) is 0 Å². The van der Waals surface area contributed by atoms with Gasteiger partial charge in [0, 0.05) is 6.04 Å². The quantitative estimate of drug-likeness (QED) is 0.590. The predicted octanol–water partition coefficient (Wildman–Crippen LogP) is 0.459. The zero-order valence-corrected chi connectivity index (χ0v) is 6.13. The van der Waals surface area contributed by atoms with Gasteiger partial charge in [-0.25, -0.2) is 0 Å². The predicted molar refractivity (Wildman–Crippen MR) is 37.8 cm³/mol. The molecule has 10 heavy (non-hydrogen) atoms. The first-order chi connectivity index (χ1) is 4.75. The summed E-state index contributed by atoms with van der Waals surface area (Å²) in [4.78, 5) is 10.5. The summed E-state index contributed by atoms with van der Waals surface area (Å²) in [7, 11) is 1.83. The van der Waals surface area contributed by atoms with Crippen LogP contribution in [-0.4, -0.2) is 24.2 Å². The average Bonchev–Trinajstić information content (AvgIpc) is 2.33. The number of carbonyl (C=O) groups is 1. The van der Waals surface area contributed by atoms with Gasteiger partial charge in [0.05, 0.1) is 5.92 Å². The molecule has 3 heteroatoms. The molecular weight excluding hydrogens is 130 g/mol. The number of carboxylic acid groups (broad SMARTS) is 1. The van der Waals surface area contributed by atoms with E-state index in [9.17, 15) is 4.79 Å². The first kappa shape index (κ1) is 7.54. The molecule has 0 spiro atoms. The zero-order valence-electron chi connectivity index (χ0n) is 6.13. The smallest absolute Gasteiger partial charge is 0.308 e. The minimum Gasteiger partial charge on any atom is -0.481 e. The molecule has 2 atom stereocenters. The van der Waals surface area contributed by atoms with Crippen LogP contribution in [0, 0.1) is 5.92 Å². The highest BCUT2D eigenvalue weighted by Crippen LogP contribution is 2.25. The van der Waals surface area contributed by atoms with E-state index in [2.05, 4.69) is 5.32 Å². The van der Waals surface area contributed by atoms with Crippen LogP contribution in [0.4, 0.5) is 0 Å². The van der Waals surface area contributed by atoms with E-state index in [4.69, 9.17) is 5.11 Å².